The summed E-state index contributed by atoms with van der Waals surface area (Å²) in [5, 5.41) is 11.2. The lowest BCUT2D eigenvalue weighted by Gasteiger charge is -2.41. The molecule has 0 spiro atoms. The first-order valence-corrected chi connectivity index (χ1v) is 10.0. The fourth-order valence-electron chi connectivity index (χ4n) is 4.25. The van der Waals surface area contributed by atoms with E-state index in [1.165, 1.54) is 5.56 Å². The van der Waals surface area contributed by atoms with Gasteiger partial charge in [0.15, 0.2) is 0 Å². The molecule has 2 aromatic carbocycles. The molecular weight excluding hydrogens is 348 g/mol. The number of piperidine rings is 1. The summed E-state index contributed by atoms with van der Waals surface area (Å²) >= 11 is 0. The Labute approximate surface area is 166 Å². The Balaban J connectivity index is 1.43. The topological polar surface area (TPSA) is 45.6 Å². The van der Waals surface area contributed by atoms with Crippen molar-refractivity contribution in [3.05, 3.63) is 71.9 Å². The molecule has 0 atom stereocenters. The van der Waals surface area contributed by atoms with Gasteiger partial charge in [0.25, 0.3) is 0 Å². The molecular formula is C24H28N2O2. The number of hydrogen-bond donors (Lipinski definition) is 1. The van der Waals surface area contributed by atoms with Crippen LogP contribution >= 0.6 is 0 Å². The lowest BCUT2D eigenvalue weighted by atomic mass is 9.74. The predicted octanol–water partition coefficient (Wildman–Crippen LogP) is 4.06. The minimum absolute atomic E-state index is 0.00210. The molecule has 1 aromatic heterocycles. The Kier molecular flexibility index (Phi) is 5.60. The fraction of sp³-hybridized carbons (Fsp3) is 0.375. The first-order chi connectivity index (χ1) is 13.7. The van der Waals surface area contributed by atoms with E-state index < -0.39 is 0 Å². The Morgan fingerprint density at radius 3 is 2.50 bits per heavy atom. The number of fused-ring (bicyclic) bond motifs is 1. The van der Waals surface area contributed by atoms with Crippen molar-refractivity contribution >= 4 is 10.9 Å². The zero-order valence-electron chi connectivity index (χ0n) is 16.5. The van der Waals surface area contributed by atoms with Gasteiger partial charge in [-0.2, -0.15) is 0 Å². The van der Waals surface area contributed by atoms with Gasteiger partial charge in [0, 0.05) is 18.5 Å². The van der Waals surface area contributed by atoms with Crippen LogP contribution in [0.25, 0.3) is 10.9 Å². The van der Waals surface area contributed by atoms with Crippen LogP contribution in [0.1, 0.15) is 24.1 Å². The minimum atomic E-state index is -0.00210. The first kappa shape index (κ1) is 18.9. The number of rotatable bonds is 6. The molecule has 4 rings (SSSR count). The van der Waals surface area contributed by atoms with E-state index in [1.807, 2.05) is 18.2 Å². The SMILES string of the molecule is COc1cccc2ccc(CN3CCC(CO)(Cc4ccccc4)CC3)nc12. The zero-order valence-corrected chi connectivity index (χ0v) is 16.5. The quantitative estimate of drug-likeness (QED) is 0.705. The second kappa shape index (κ2) is 8.29. The average molecular weight is 377 g/mol. The van der Waals surface area contributed by atoms with Gasteiger partial charge in [0.05, 0.1) is 12.8 Å². The van der Waals surface area contributed by atoms with Gasteiger partial charge in [-0.15, -0.1) is 0 Å². The van der Waals surface area contributed by atoms with Crippen LogP contribution in [0.2, 0.25) is 0 Å². The summed E-state index contributed by atoms with van der Waals surface area (Å²) in [5.41, 5.74) is 3.30. The summed E-state index contributed by atoms with van der Waals surface area (Å²) in [6, 6.07) is 20.8. The van der Waals surface area contributed by atoms with E-state index in [-0.39, 0.29) is 12.0 Å². The molecule has 146 valence electrons. The summed E-state index contributed by atoms with van der Waals surface area (Å²) in [4.78, 5) is 7.30. The largest absolute Gasteiger partial charge is 0.494 e. The molecule has 0 aliphatic carbocycles. The number of aliphatic hydroxyl groups excluding tert-OH is 1. The molecule has 1 fully saturated rings. The summed E-state index contributed by atoms with van der Waals surface area (Å²) in [6.45, 7) is 3.06. The van der Waals surface area contributed by atoms with Crippen molar-refractivity contribution in [1.82, 2.24) is 9.88 Å². The highest BCUT2D eigenvalue weighted by molar-refractivity contribution is 5.84. The lowest BCUT2D eigenvalue weighted by molar-refractivity contribution is 0.0410. The van der Waals surface area contributed by atoms with Gasteiger partial charge in [0.2, 0.25) is 0 Å². The van der Waals surface area contributed by atoms with Gasteiger partial charge in [-0.05, 0) is 55.5 Å². The number of likely N-dealkylation sites (tertiary alicyclic amines) is 1. The Morgan fingerprint density at radius 1 is 1.00 bits per heavy atom. The predicted molar refractivity (Wildman–Crippen MR) is 112 cm³/mol. The standard InChI is InChI=1S/C24H28N2O2/c1-28-22-9-5-8-20-10-11-21(25-23(20)22)17-26-14-12-24(18-27,13-15-26)16-19-6-3-2-4-7-19/h2-11,27H,12-18H2,1H3. The van der Waals surface area contributed by atoms with Gasteiger partial charge in [-0.1, -0.05) is 48.5 Å². The third-order valence-corrected chi connectivity index (χ3v) is 6.02. The van der Waals surface area contributed by atoms with Crippen LogP contribution in [0, 0.1) is 5.41 Å². The molecule has 0 radical (unpaired) electrons. The molecule has 0 amide bonds. The van der Waals surface area contributed by atoms with Crippen LogP contribution in [0.4, 0.5) is 0 Å². The third kappa shape index (κ3) is 4.03. The van der Waals surface area contributed by atoms with Crippen molar-refractivity contribution in [2.45, 2.75) is 25.8 Å². The molecule has 1 N–H and O–H groups in total. The summed E-state index contributed by atoms with van der Waals surface area (Å²) in [5.74, 6) is 0.820. The molecule has 4 nitrogen and oxygen atoms in total. The molecule has 2 heterocycles. The van der Waals surface area contributed by atoms with Crippen molar-refractivity contribution in [3.8, 4) is 5.75 Å². The average Bonchev–Trinajstić information content (AvgIpc) is 2.75. The number of aromatic nitrogens is 1. The molecule has 1 aliphatic rings. The van der Waals surface area contributed by atoms with E-state index in [0.717, 1.165) is 61.2 Å². The highest BCUT2D eigenvalue weighted by Gasteiger charge is 2.34. The first-order valence-electron chi connectivity index (χ1n) is 10.0. The van der Waals surface area contributed by atoms with Crippen molar-refractivity contribution in [2.75, 3.05) is 26.8 Å². The smallest absolute Gasteiger partial charge is 0.145 e. The Hall–Kier alpha value is -2.43. The van der Waals surface area contributed by atoms with Gasteiger partial charge in [-0.25, -0.2) is 4.98 Å². The molecule has 1 saturated heterocycles. The molecule has 1 aliphatic heterocycles. The van der Waals surface area contributed by atoms with Crippen LogP contribution in [-0.4, -0.2) is 41.8 Å². The van der Waals surface area contributed by atoms with Crippen LogP contribution in [0.5, 0.6) is 5.75 Å². The highest BCUT2D eigenvalue weighted by Crippen LogP contribution is 2.35. The van der Waals surface area contributed by atoms with Crippen LogP contribution in [-0.2, 0) is 13.0 Å². The molecule has 3 aromatic rings. The maximum Gasteiger partial charge on any atom is 0.145 e. The maximum atomic E-state index is 10.1. The number of ether oxygens (including phenoxy) is 1. The summed E-state index contributed by atoms with van der Waals surface area (Å²) in [7, 11) is 1.69. The highest BCUT2D eigenvalue weighted by atomic mass is 16.5. The van der Waals surface area contributed by atoms with Gasteiger partial charge in [0.1, 0.15) is 11.3 Å². The van der Waals surface area contributed by atoms with Gasteiger partial charge >= 0.3 is 0 Å². The Bertz CT molecular complexity index is 918. The second-order valence-corrected chi connectivity index (χ2v) is 7.93. The van der Waals surface area contributed by atoms with Crippen LogP contribution < -0.4 is 4.74 Å². The van der Waals surface area contributed by atoms with E-state index in [4.69, 9.17) is 9.72 Å². The number of methoxy groups -OCH3 is 1. The molecule has 0 unspecified atom stereocenters. The fourth-order valence-corrected chi connectivity index (χ4v) is 4.25. The van der Waals surface area contributed by atoms with Crippen molar-refractivity contribution in [3.63, 3.8) is 0 Å². The molecule has 0 saturated carbocycles. The summed E-state index contributed by atoms with van der Waals surface area (Å²) in [6.07, 6.45) is 2.97. The number of hydrogen-bond acceptors (Lipinski definition) is 4. The van der Waals surface area contributed by atoms with E-state index >= 15 is 0 Å². The van der Waals surface area contributed by atoms with E-state index in [1.54, 1.807) is 7.11 Å². The number of pyridine rings is 1. The summed E-state index contributed by atoms with van der Waals surface area (Å²) < 4.78 is 5.47. The van der Waals surface area contributed by atoms with Crippen molar-refractivity contribution in [2.24, 2.45) is 5.41 Å². The van der Waals surface area contributed by atoms with Gasteiger partial charge < -0.3 is 9.84 Å². The van der Waals surface area contributed by atoms with E-state index in [0.29, 0.717) is 0 Å². The molecule has 4 heteroatoms. The Morgan fingerprint density at radius 2 is 1.79 bits per heavy atom. The number of nitrogens with zero attached hydrogens (tertiary/aromatic N) is 2. The second-order valence-electron chi connectivity index (χ2n) is 7.93. The lowest BCUT2D eigenvalue weighted by Crippen LogP contribution is -2.43. The van der Waals surface area contributed by atoms with E-state index in [9.17, 15) is 5.11 Å². The number of aliphatic hydroxyl groups is 1. The van der Waals surface area contributed by atoms with Crippen molar-refractivity contribution in [1.29, 1.82) is 0 Å². The molecule has 0 bridgehead atoms. The van der Waals surface area contributed by atoms with Crippen LogP contribution in [0.15, 0.2) is 60.7 Å². The third-order valence-electron chi connectivity index (χ3n) is 6.02. The maximum absolute atomic E-state index is 10.1. The van der Waals surface area contributed by atoms with E-state index in [2.05, 4.69) is 47.4 Å². The minimum Gasteiger partial charge on any atom is -0.494 e. The van der Waals surface area contributed by atoms with Crippen molar-refractivity contribution < 1.29 is 9.84 Å². The van der Waals surface area contributed by atoms with Gasteiger partial charge in [-0.3, -0.25) is 4.90 Å². The monoisotopic (exact) mass is 376 g/mol. The number of para-hydroxylation sites is 1. The number of benzene rings is 2. The van der Waals surface area contributed by atoms with Crippen LogP contribution in [0.3, 0.4) is 0 Å². The molecule has 28 heavy (non-hydrogen) atoms. The normalized spacial score (nSPS) is 16.9. The zero-order chi connectivity index (χ0) is 19.4.